The number of hydrogen-bond donors (Lipinski definition) is 0. The second-order valence-electron chi connectivity index (χ2n) is 6.62. The molecule has 0 heterocycles. The molecule has 0 aromatic carbocycles. The van der Waals surface area contributed by atoms with Crippen LogP contribution in [-0.4, -0.2) is 4.69 Å². The van der Waals surface area contributed by atoms with Gasteiger partial charge in [-0.3, -0.25) is 4.79 Å². The van der Waals surface area contributed by atoms with E-state index in [0.717, 1.165) is 30.6 Å². The molecular weight excluding hydrogens is 252 g/mol. The normalized spacial score (nSPS) is 50.7. The van der Waals surface area contributed by atoms with Crippen LogP contribution in [0.25, 0.3) is 0 Å². The van der Waals surface area contributed by atoms with Crippen molar-refractivity contribution in [2.24, 2.45) is 28.6 Å². The molecule has 0 spiro atoms. The van der Waals surface area contributed by atoms with Gasteiger partial charge in [0.15, 0.2) is 0 Å². The van der Waals surface area contributed by atoms with Crippen LogP contribution in [-0.2, 0) is 4.79 Å². The van der Waals surface area contributed by atoms with Gasteiger partial charge in [0.05, 0.1) is 0 Å². The average molecular weight is 271 g/mol. The topological polar surface area (TPSA) is 17.1 Å². The lowest BCUT2D eigenvalue weighted by atomic mass is 9.40. The van der Waals surface area contributed by atoms with Crippen molar-refractivity contribution in [2.75, 3.05) is 0 Å². The fourth-order valence-electron chi connectivity index (χ4n) is 4.89. The van der Waals surface area contributed by atoms with Crippen molar-refractivity contribution in [2.45, 2.75) is 46.0 Å². The maximum Gasteiger partial charge on any atom is 0.204 e. The van der Waals surface area contributed by atoms with Gasteiger partial charge in [0.2, 0.25) is 4.69 Å². The van der Waals surface area contributed by atoms with Gasteiger partial charge in [-0.25, -0.2) is 0 Å². The van der Waals surface area contributed by atoms with Crippen molar-refractivity contribution in [3.05, 3.63) is 0 Å². The van der Waals surface area contributed by atoms with Gasteiger partial charge in [0.25, 0.3) is 0 Å². The van der Waals surface area contributed by atoms with Crippen LogP contribution >= 0.6 is 15.9 Å². The molecule has 4 fully saturated rings. The predicted molar refractivity (Wildman–Crippen MR) is 63.7 cm³/mol. The van der Waals surface area contributed by atoms with Gasteiger partial charge in [-0.1, -0.05) is 13.8 Å². The second kappa shape index (κ2) is 2.88. The Morgan fingerprint density at radius 3 is 2.13 bits per heavy atom. The highest BCUT2D eigenvalue weighted by Crippen LogP contribution is 2.68. The molecule has 2 atom stereocenters. The lowest BCUT2D eigenvalue weighted by molar-refractivity contribution is -0.169. The van der Waals surface area contributed by atoms with Gasteiger partial charge in [0, 0.05) is 5.41 Å². The third-order valence-electron chi connectivity index (χ3n) is 5.81. The minimum Gasteiger partial charge on any atom is -0.286 e. The first-order chi connectivity index (χ1) is 6.96. The highest BCUT2D eigenvalue weighted by molar-refractivity contribution is 9.18. The van der Waals surface area contributed by atoms with E-state index in [4.69, 9.17) is 0 Å². The molecule has 4 saturated carbocycles. The summed E-state index contributed by atoms with van der Waals surface area (Å²) in [4.78, 5) is 12.0. The molecule has 0 N–H and O–H groups in total. The van der Waals surface area contributed by atoms with E-state index < -0.39 is 0 Å². The molecule has 0 amide bonds. The molecule has 4 aliphatic rings. The number of hydrogen-bond acceptors (Lipinski definition) is 1. The number of carbonyl (C=O) groups excluding carboxylic acids is 1. The summed E-state index contributed by atoms with van der Waals surface area (Å²) in [7, 11) is 0. The zero-order valence-corrected chi connectivity index (χ0v) is 11.1. The monoisotopic (exact) mass is 270 g/mol. The van der Waals surface area contributed by atoms with Crippen LogP contribution < -0.4 is 0 Å². The van der Waals surface area contributed by atoms with E-state index in [1.54, 1.807) is 0 Å². The molecule has 0 saturated heterocycles. The van der Waals surface area contributed by atoms with E-state index in [1.807, 2.05) is 0 Å². The van der Waals surface area contributed by atoms with Crippen LogP contribution in [0.1, 0.15) is 46.0 Å². The van der Waals surface area contributed by atoms with Crippen molar-refractivity contribution in [1.82, 2.24) is 0 Å². The third kappa shape index (κ3) is 1.12. The zero-order chi connectivity index (χ0) is 10.8. The standard InChI is InChI=1S/C13H19BrO/c1-12(2)10-4-8-3-9(5-10)7-13(12,6-8)11(14)15/h8-10H,3-7H2,1-2H3. The van der Waals surface area contributed by atoms with E-state index in [1.165, 1.54) is 19.3 Å². The number of rotatable bonds is 1. The Morgan fingerprint density at radius 1 is 1.13 bits per heavy atom. The van der Waals surface area contributed by atoms with E-state index in [0.29, 0.717) is 4.69 Å². The van der Waals surface area contributed by atoms with Crippen LogP contribution in [0.15, 0.2) is 0 Å². The molecule has 4 aliphatic carbocycles. The van der Waals surface area contributed by atoms with E-state index in [9.17, 15) is 4.79 Å². The lowest BCUT2D eigenvalue weighted by Crippen LogP contribution is -2.59. The Kier molecular flexibility index (Phi) is 1.98. The Hall–Kier alpha value is 0.150. The summed E-state index contributed by atoms with van der Waals surface area (Å²) in [6.45, 7) is 4.66. The van der Waals surface area contributed by atoms with Gasteiger partial charge in [0.1, 0.15) is 0 Å². The first kappa shape index (κ1) is 10.3. The van der Waals surface area contributed by atoms with Crippen LogP contribution in [0, 0.1) is 28.6 Å². The zero-order valence-electron chi connectivity index (χ0n) is 9.55. The maximum absolute atomic E-state index is 12.0. The van der Waals surface area contributed by atoms with Crippen molar-refractivity contribution in [1.29, 1.82) is 0 Å². The van der Waals surface area contributed by atoms with Crippen LogP contribution in [0.5, 0.6) is 0 Å². The van der Waals surface area contributed by atoms with Crippen LogP contribution in [0.3, 0.4) is 0 Å². The molecule has 0 aromatic rings. The minimum absolute atomic E-state index is 0.0260. The predicted octanol–water partition coefficient (Wildman–Crippen LogP) is 3.76. The Morgan fingerprint density at radius 2 is 1.67 bits per heavy atom. The summed E-state index contributed by atoms with van der Waals surface area (Å²) >= 11 is 3.30. The molecule has 15 heavy (non-hydrogen) atoms. The quantitative estimate of drug-likeness (QED) is 0.664. The molecule has 1 nitrogen and oxygen atoms in total. The average Bonchev–Trinajstić information content (AvgIpc) is 2.13. The fraction of sp³-hybridized carbons (Fsp3) is 0.923. The Balaban J connectivity index is 2.08. The smallest absolute Gasteiger partial charge is 0.204 e. The van der Waals surface area contributed by atoms with Gasteiger partial charge in [-0.05, 0) is 71.2 Å². The van der Waals surface area contributed by atoms with Gasteiger partial charge >= 0.3 is 0 Å². The van der Waals surface area contributed by atoms with E-state index in [2.05, 4.69) is 29.8 Å². The van der Waals surface area contributed by atoms with Crippen molar-refractivity contribution in [3.8, 4) is 0 Å². The first-order valence-corrected chi connectivity index (χ1v) is 6.95. The summed E-state index contributed by atoms with van der Waals surface area (Å²) < 4.78 is 0.291. The highest BCUT2D eigenvalue weighted by atomic mass is 79.9. The molecule has 0 radical (unpaired) electrons. The van der Waals surface area contributed by atoms with Gasteiger partial charge in [-0.2, -0.15) is 0 Å². The fourth-order valence-corrected chi connectivity index (χ4v) is 5.72. The molecule has 84 valence electrons. The minimum atomic E-state index is -0.0260. The largest absolute Gasteiger partial charge is 0.286 e. The Bertz CT molecular complexity index is 306. The summed E-state index contributed by atoms with van der Waals surface area (Å²) in [6, 6.07) is 0. The molecule has 4 rings (SSSR count). The van der Waals surface area contributed by atoms with Crippen LogP contribution in [0.2, 0.25) is 0 Å². The van der Waals surface area contributed by atoms with E-state index in [-0.39, 0.29) is 10.8 Å². The molecular formula is C13H19BrO. The molecule has 0 aromatic heterocycles. The second-order valence-corrected chi connectivity index (χ2v) is 7.34. The first-order valence-electron chi connectivity index (χ1n) is 6.15. The van der Waals surface area contributed by atoms with E-state index >= 15 is 0 Å². The SMILES string of the molecule is CC1(C)C2CC3CC(C2)CC1(C(=O)Br)C3. The Labute approximate surface area is 100 Å². The summed E-state index contributed by atoms with van der Waals surface area (Å²) in [5, 5.41) is 0. The van der Waals surface area contributed by atoms with Crippen molar-refractivity contribution in [3.63, 3.8) is 0 Å². The summed E-state index contributed by atoms with van der Waals surface area (Å²) in [5.74, 6) is 2.49. The van der Waals surface area contributed by atoms with Gasteiger partial charge in [-0.15, -0.1) is 0 Å². The van der Waals surface area contributed by atoms with Crippen molar-refractivity contribution >= 4 is 20.6 Å². The lowest BCUT2D eigenvalue weighted by Gasteiger charge is -2.64. The molecule has 0 aliphatic heterocycles. The van der Waals surface area contributed by atoms with Gasteiger partial charge < -0.3 is 0 Å². The third-order valence-corrected chi connectivity index (χ3v) is 6.57. The molecule has 2 unspecified atom stereocenters. The number of halogens is 1. The highest BCUT2D eigenvalue weighted by Gasteiger charge is 2.63. The molecule has 2 heteroatoms. The summed E-state index contributed by atoms with van der Waals surface area (Å²) in [6.07, 6.45) is 6.46. The van der Waals surface area contributed by atoms with Crippen molar-refractivity contribution < 1.29 is 4.79 Å². The molecule has 4 bridgehead atoms. The maximum atomic E-state index is 12.0. The summed E-state index contributed by atoms with van der Waals surface area (Å²) in [5.41, 5.74) is 0.197. The van der Waals surface area contributed by atoms with Crippen LogP contribution in [0.4, 0.5) is 0 Å². The number of carbonyl (C=O) groups is 1.